The summed E-state index contributed by atoms with van der Waals surface area (Å²) < 4.78 is 23.4. The van der Waals surface area contributed by atoms with Crippen molar-refractivity contribution in [1.82, 2.24) is 5.32 Å². The van der Waals surface area contributed by atoms with E-state index in [0.29, 0.717) is 17.4 Å². The Morgan fingerprint density at radius 2 is 0.805 bits per heavy atom. The summed E-state index contributed by atoms with van der Waals surface area (Å²) >= 11 is 0. The molecule has 0 saturated carbocycles. The van der Waals surface area contributed by atoms with E-state index in [2.05, 4.69) is 92.1 Å². The van der Waals surface area contributed by atoms with E-state index in [4.69, 9.17) is 9.05 Å². The van der Waals surface area contributed by atoms with Gasteiger partial charge in [-0.3, -0.25) is 9.36 Å². The highest BCUT2D eigenvalue weighted by Gasteiger charge is 2.23. The fourth-order valence-electron chi connectivity index (χ4n) is 9.30. The van der Waals surface area contributed by atoms with Crippen LogP contribution in [0.5, 0.6) is 0 Å². The Labute approximate surface area is 477 Å². The van der Waals surface area contributed by atoms with E-state index in [9.17, 15) is 19.4 Å². The van der Waals surface area contributed by atoms with Crippen LogP contribution in [-0.2, 0) is 18.4 Å². The Morgan fingerprint density at radius 1 is 0.468 bits per heavy atom. The monoisotopic (exact) mass is 1100 g/mol. The number of quaternary nitrogens is 1. The minimum atomic E-state index is -4.62. The number of unbranched alkanes of at least 4 members (excludes halogenated alkanes) is 34. The molecule has 9 heteroatoms. The van der Waals surface area contributed by atoms with E-state index in [0.717, 1.165) is 77.0 Å². The molecule has 3 unspecified atom stereocenters. The summed E-state index contributed by atoms with van der Waals surface area (Å²) in [6.45, 7) is 4.53. The zero-order chi connectivity index (χ0) is 56.3. The van der Waals surface area contributed by atoms with Gasteiger partial charge in [-0.1, -0.05) is 285 Å². The summed E-state index contributed by atoms with van der Waals surface area (Å²) in [5.41, 5.74) is 0. The minimum Gasteiger partial charge on any atom is -0.756 e. The van der Waals surface area contributed by atoms with Gasteiger partial charge in [0.15, 0.2) is 0 Å². The molecule has 0 radical (unpaired) electrons. The van der Waals surface area contributed by atoms with Gasteiger partial charge in [-0.2, -0.15) is 0 Å². The number of phosphoric ester groups is 1. The van der Waals surface area contributed by atoms with E-state index in [-0.39, 0.29) is 12.5 Å². The van der Waals surface area contributed by atoms with Crippen molar-refractivity contribution in [1.29, 1.82) is 0 Å². The first kappa shape index (κ1) is 74.7. The summed E-state index contributed by atoms with van der Waals surface area (Å²) in [6, 6.07) is -0.919. The molecular formula is C68H125N2O6P. The number of allylic oxidation sites excluding steroid dienone is 13. The summed E-state index contributed by atoms with van der Waals surface area (Å²) in [4.78, 5) is 25.6. The lowest BCUT2D eigenvalue weighted by Crippen LogP contribution is -2.45. The molecule has 0 bridgehead atoms. The Kier molecular flexibility index (Phi) is 56.6. The van der Waals surface area contributed by atoms with Crippen molar-refractivity contribution in [3.63, 3.8) is 0 Å². The van der Waals surface area contributed by atoms with E-state index >= 15 is 0 Å². The van der Waals surface area contributed by atoms with Gasteiger partial charge in [0.2, 0.25) is 5.91 Å². The van der Waals surface area contributed by atoms with Gasteiger partial charge in [-0.15, -0.1) is 0 Å². The van der Waals surface area contributed by atoms with Crippen LogP contribution in [0.25, 0.3) is 0 Å². The topological polar surface area (TPSA) is 108 Å². The average Bonchev–Trinajstić information content (AvgIpc) is 3.39. The first-order valence-electron chi connectivity index (χ1n) is 32.4. The summed E-state index contributed by atoms with van der Waals surface area (Å²) in [5.74, 6) is -0.217. The van der Waals surface area contributed by atoms with Crippen molar-refractivity contribution in [2.75, 3.05) is 40.9 Å². The van der Waals surface area contributed by atoms with Crippen LogP contribution < -0.4 is 10.2 Å². The number of hydrogen-bond acceptors (Lipinski definition) is 6. The van der Waals surface area contributed by atoms with Crippen LogP contribution in [0.1, 0.15) is 290 Å². The smallest absolute Gasteiger partial charge is 0.268 e. The normalized spacial score (nSPS) is 14.3. The second kappa shape index (κ2) is 58.3. The number of nitrogens with one attached hydrogen (secondary N) is 1. The lowest BCUT2D eigenvalue weighted by atomic mass is 10.0. The van der Waals surface area contributed by atoms with Gasteiger partial charge in [0.05, 0.1) is 39.9 Å². The zero-order valence-electron chi connectivity index (χ0n) is 51.1. The summed E-state index contributed by atoms with van der Waals surface area (Å²) in [6.07, 6.45) is 82.7. The maximum atomic E-state index is 13.0. The van der Waals surface area contributed by atoms with Crippen molar-refractivity contribution < 1.29 is 32.9 Å². The lowest BCUT2D eigenvalue weighted by molar-refractivity contribution is -0.870. The molecule has 0 heterocycles. The second-order valence-corrected chi connectivity index (χ2v) is 24.5. The predicted octanol–water partition coefficient (Wildman–Crippen LogP) is 19.7. The molecular weight excluding hydrogens is 972 g/mol. The maximum absolute atomic E-state index is 13.0. The Balaban J connectivity index is 4.19. The molecule has 0 aromatic carbocycles. The molecule has 1 amide bonds. The Bertz CT molecular complexity index is 1530. The van der Waals surface area contributed by atoms with Gasteiger partial charge < -0.3 is 28.8 Å². The molecule has 8 nitrogen and oxygen atoms in total. The van der Waals surface area contributed by atoms with Crippen LogP contribution in [0.2, 0.25) is 0 Å². The van der Waals surface area contributed by atoms with Crippen molar-refractivity contribution in [3.05, 3.63) is 85.1 Å². The van der Waals surface area contributed by atoms with Crippen LogP contribution in [0.15, 0.2) is 85.1 Å². The molecule has 0 spiro atoms. The van der Waals surface area contributed by atoms with Crippen LogP contribution in [0.3, 0.4) is 0 Å². The lowest BCUT2D eigenvalue weighted by Gasteiger charge is -2.29. The molecule has 0 aliphatic carbocycles. The molecule has 0 saturated heterocycles. The quantitative estimate of drug-likeness (QED) is 0.0272. The SMILES string of the molecule is CC/C=C\C/C=C\C/C=C\C/C=C\CCCCCCCCCCCCC(=O)NC(COP(=O)([O-])OCC[N+](C)(C)C)C(O)/C=C/CC/C=C/CC/C=C/CCCCCCCCCCCCCCCCCCCCCCCC. The molecule has 448 valence electrons. The van der Waals surface area contributed by atoms with Crippen molar-refractivity contribution in [2.45, 2.75) is 302 Å². The standard InChI is InChI=1S/C68H125N2O6P/c1-6-8-10-12-14-16-18-20-22-24-26-28-30-31-32-33-34-35-36-37-38-40-41-43-45-47-49-51-53-55-57-59-61-67(71)66(65-76-77(73,74)75-64-63-70(3,4)5)69-68(72)62-60-58-56-54-52-50-48-46-44-42-39-29-27-25-23-21-19-17-15-13-11-9-7-2/h9,11,15,17,21,23,27,29,43,45,51,53,59,61,66-67,71H,6-8,10,12-14,16,18-20,22,24-26,28,30-42,44,46-50,52,54-58,60,62-65H2,1-5H3,(H-,69,72,73,74)/b11-9-,17-15-,23-21-,29-27-,45-43+,53-51+,61-59+. The van der Waals surface area contributed by atoms with E-state index in [1.807, 2.05) is 27.2 Å². The number of aliphatic hydroxyl groups is 1. The summed E-state index contributed by atoms with van der Waals surface area (Å²) in [7, 11) is 1.23. The number of carbonyl (C=O) groups is 1. The van der Waals surface area contributed by atoms with Gasteiger partial charge in [0.25, 0.3) is 7.82 Å². The van der Waals surface area contributed by atoms with E-state index < -0.39 is 26.6 Å². The number of nitrogens with zero attached hydrogens (tertiary/aromatic N) is 1. The highest BCUT2D eigenvalue weighted by molar-refractivity contribution is 7.45. The third-order valence-corrected chi connectivity index (χ3v) is 15.3. The Hall–Kier alpha value is -2.32. The van der Waals surface area contributed by atoms with Gasteiger partial charge in [0.1, 0.15) is 13.2 Å². The van der Waals surface area contributed by atoms with Gasteiger partial charge >= 0.3 is 0 Å². The second-order valence-electron chi connectivity index (χ2n) is 23.1. The third-order valence-electron chi connectivity index (χ3n) is 14.3. The van der Waals surface area contributed by atoms with Gasteiger partial charge in [0, 0.05) is 6.42 Å². The van der Waals surface area contributed by atoms with Crippen LogP contribution in [0.4, 0.5) is 0 Å². The fourth-order valence-corrected chi connectivity index (χ4v) is 10.0. The number of hydrogen-bond donors (Lipinski definition) is 2. The van der Waals surface area contributed by atoms with Crippen LogP contribution in [-0.4, -0.2) is 68.5 Å². The molecule has 0 aromatic rings. The molecule has 3 atom stereocenters. The minimum absolute atomic E-state index is 0.0134. The first-order valence-corrected chi connectivity index (χ1v) is 33.9. The molecule has 0 aliphatic rings. The molecule has 2 N–H and O–H groups in total. The van der Waals surface area contributed by atoms with Gasteiger partial charge in [-0.25, -0.2) is 0 Å². The van der Waals surface area contributed by atoms with Crippen LogP contribution in [0, 0.1) is 0 Å². The number of aliphatic hydroxyl groups excluding tert-OH is 1. The molecule has 0 fully saturated rings. The van der Waals surface area contributed by atoms with E-state index in [1.54, 1.807) is 6.08 Å². The number of likely N-dealkylation sites (N-methyl/N-ethyl adjacent to an activating group) is 1. The molecule has 0 rings (SSSR count). The maximum Gasteiger partial charge on any atom is 0.268 e. The Morgan fingerprint density at radius 3 is 1.21 bits per heavy atom. The summed E-state index contributed by atoms with van der Waals surface area (Å²) in [5, 5.41) is 13.9. The highest BCUT2D eigenvalue weighted by Crippen LogP contribution is 2.38. The van der Waals surface area contributed by atoms with E-state index in [1.165, 1.54) is 193 Å². The molecule has 0 aliphatic heterocycles. The number of rotatable bonds is 59. The van der Waals surface area contributed by atoms with Gasteiger partial charge in [-0.05, 0) is 83.5 Å². The predicted molar refractivity (Wildman–Crippen MR) is 334 cm³/mol. The number of carbonyl (C=O) groups excluding carboxylic acids is 1. The zero-order valence-corrected chi connectivity index (χ0v) is 52.0. The first-order chi connectivity index (χ1) is 37.5. The highest BCUT2D eigenvalue weighted by atomic mass is 31.2. The average molecular weight is 1100 g/mol. The number of phosphoric acid groups is 1. The number of amides is 1. The third kappa shape index (κ3) is 61.2. The fraction of sp³-hybridized carbons (Fsp3) is 0.779. The van der Waals surface area contributed by atoms with Crippen molar-refractivity contribution in [2.24, 2.45) is 0 Å². The molecule has 0 aromatic heterocycles. The molecule has 77 heavy (non-hydrogen) atoms. The van der Waals surface area contributed by atoms with Crippen LogP contribution >= 0.6 is 7.82 Å². The largest absolute Gasteiger partial charge is 0.756 e. The van der Waals surface area contributed by atoms with Crippen molar-refractivity contribution >= 4 is 13.7 Å². The van der Waals surface area contributed by atoms with Crippen molar-refractivity contribution in [3.8, 4) is 0 Å².